The minimum atomic E-state index is 0.520. The van der Waals surface area contributed by atoms with E-state index in [-0.39, 0.29) is 0 Å². The highest BCUT2D eigenvalue weighted by atomic mass is 35.5. The normalized spacial score (nSPS) is 10.4. The number of nitrogens with zero attached hydrogens (tertiary/aromatic N) is 2. The lowest BCUT2D eigenvalue weighted by molar-refractivity contribution is 1.01. The Morgan fingerprint density at radius 2 is 1.88 bits per heavy atom. The lowest BCUT2D eigenvalue weighted by atomic mass is 10.3. The van der Waals surface area contributed by atoms with Crippen molar-refractivity contribution in [1.82, 2.24) is 9.97 Å². The molecule has 0 bridgehead atoms. The Labute approximate surface area is 103 Å². The minimum absolute atomic E-state index is 0.520. The summed E-state index contributed by atoms with van der Waals surface area (Å²) in [4.78, 5) is 9.20. The smallest absolute Gasteiger partial charge is 0.130 e. The lowest BCUT2D eigenvalue weighted by Crippen LogP contribution is -1.97. The largest absolute Gasteiger partial charge is 0.383 e. The van der Waals surface area contributed by atoms with Crippen LogP contribution in [0.5, 0.6) is 0 Å². The van der Waals surface area contributed by atoms with E-state index < -0.39 is 0 Å². The molecule has 82 valence electrons. The molecule has 0 amide bonds. The van der Waals surface area contributed by atoms with Crippen molar-refractivity contribution < 1.29 is 0 Å². The third-order valence-electron chi connectivity index (χ3n) is 2.10. The fourth-order valence-electron chi connectivity index (χ4n) is 1.16. The molecule has 1 aromatic carbocycles. The Balaban J connectivity index is 2.27. The number of rotatable bonds is 2. The quantitative estimate of drug-likeness (QED) is 0.833. The van der Waals surface area contributed by atoms with Crippen LogP contribution < -0.4 is 5.73 Å². The molecule has 16 heavy (non-hydrogen) atoms. The summed E-state index contributed by atoms with van der Waals surface area (Å²) in [5, 5.41) is 1.60. The third-order valence-corrected chi connectivity index (χ3v) is 3.47. The molecule has 0 atom stereocenters. The Morgan fingerprint density at radius 3 is 2.56 bits per heavy atom. The highest BCUT2D eigenvalue weighted by molar-refractivity contribution is 7.99. The molecule has 0 fully saturated rings. The van der Waals surface area contributed by atoms with Crippen LogP contribution in [0.4, 0.5) is 5.82 Å². The zero-order valence-electron chi connectivity index (χ0n) is 8.64. The number of hydrogen-bond donors (Lipinski definition) is 1. The number of benzene rings is 1. The van der Waals surface area contributed by atoms with Crippen molar-refractivity contribution in [2.45, 2.75) is 16.8 Å². The SMILES string of the molecule is Cc1c(N)ncnc1Sc1ccc(Cl)cc1. The van der Waals surface area contributed by atoms with Gasteiger partial charge in [-0.25, -0.2) is 9.97 Å². The van der Waals surface area contributed by atoms with Crippen molar-refractivity contribution >= 4 is 29.2 Å². The van der Waals surface area contributed by atoms with E-state index in [0.29, 0.717) is 5.82 Å². The summed E-state index contributed by atoms with van der Waals surface area (Å²) in [5.41, 5.74) is 6.62. The molecule has 1 heterocycles. The summed E-state index contributed by atoms with van der Waals surface area (Å²) in [7, 11) is 0. The van der Waals surface area contributed by atoms with Crippen LogP contribution in [0.2, 0.25) is 5.02 Å². The number of halogens is 1. The van der Waals surface area contributed by atoms with E-state index in [1.807, 2.05) is 31.2 Å². The van der Waals surface area contributed by atoms with Crippen LogP contribution in [0.1, 0.15) is 5.56 Å². The molecular formula is C11H10ClN3S. The topological polar surface area (TPSA) is 51.8 Å². The summed E-state index contributed by atoms with van der Waals surface area (Å²) >= 11 is 7.36. The van der Waals surface area contributed by atoms with Crippen LogP contribution in [0.15, 0.2) is 40.5 Å². The molecule has 0 unspecified atom stereocenters. The van der Waals surface area contributed by atoms with Crippen LogP contribution in [0.3, 0.4) is 0 Å². The van der Waals surface area contributed by atoms with Crippen molar-refractivity contribution in [3.63, 3.8) is 0 Å². The lowest BCUT2D eigenvalue weighted by Gasteiger charge is -2.05. The standard InChI is InChI=1S/C11H10ClN3S/c1-7-10(13)14-6-15-11(7)16-9-4-2-8(12)3-5-9/h2-6H,1H3,(H2,13,14,15). The fraction of sp³-hybridized carbons (Fsp3) is 0.0909. The van der Waals surface area contributed by atoms with E-state index in [4.69, 9.17) is 17.3 Å². The first-order valence-corrected chi connectivity index (χ1v) is 5.87. The van der Waals surface area contributed by atoms with Gasteiger partial charge in [0.15, 0.2) is 0 Å². The van der Waals surface area contributed by atoms with Crippen molar-refractivity contribution in [3.05, 3.63) is 41.2 Å². The van der Waals surface area contributed by atoms with E-state index in [0.717, 1.165) is 20.5 Å². The van der Waals surface area contributed by atoms with Crippen molar-refractivity contribution in [2.75, 3.05) is 5.73 Å². The van der Waals surface area contributed by atoms with Crippen molar-refractivity contribution in [1.29, 1.82) is 0 Å². The van der Waals surface area contributed by atoms with Gasteiger partial charge in [-0.2, -0.15) is 0 Å². The van der Waals surface area contributed by atoms with Crippen molar-refractivity contribution in [2.24, 2.45) is 0 Å². The number of nitrogens with two attached hydrogens (primary N) is 1. The van der Waals surface area contributed by atoms with E-state index in [2.05, 4.69) is 9.97 Å². The van der Waals surface area contributed by atoms with Crippen LogP contribution in [-0.2, 0) is 0 Å². The van der Waals surface area contributed by atoms with Gasteiger partial charge in [-0.05, 0) is 31.2 Å². The predicted octanol–water partition coefficient (Wildman–Crippen LogP) is 3.17. The Kier molecular flexibility index (Phi) is 3.31. The van der Waals surface area contributed by atoms with Crippen LogP contribution in [-0.4, -0.2) is 9.97 Å². The molecule has 0 radical (unpaired) electrons. The fourth-order valence-corrected chi connectivity index (χ4v) is 2.14. The van der Waals surface area contributed by atoms with Gasteiger partial charge >= 0.3 is 0 Å². The van der Waals surface area contributed by atoms with Crippen LogP contribution in [0.25, 0.3) is 0 Å². The molecule has 0 saturated carbocycles. The maximum absolute atomic E-state index is 5.82. The molecule has 1 aromatic heterocycles. The third kappa shape index (κ3) is 2.46. The Hall–Kier alpha value is -1.26. The molecule has 2 rings (SSSR count). The predicted molar refractivity (Wildman–Crippen MR) is 66.8 cm³/mol. The molecule has 0 aliphatic rings. The maximum Gasteiger partial charge on any atom is 0.130 e. The molecule has 2 aromatic rings. The van der Waals surface area contributed by atoms with Gasteiger partial charge in [-0.1, -0.05) is 23.4 Å². The van der Waals surface area contributed by atoms with Gasteiger partial charge in [-0.3, -0.25) is 0 Å². The van der Waals surface area contributed by atoms with E-state index in [1.165, 1.54) is 6.33 Å². The zero-order valence-corrected chi connectivity index (χ0v) is 10.2. The number of anilines is 1. The van der Waals surface area contributed by atoms with Crippen molar-refractivity contribution in [3.8, 4) is 0 Å². The minimum Gasteiger partial charge on any atom is -0.383 e. The van der Waals surface area contributed by atoms with E-state index >= 15 is 0 Å². The Morgan fingerprint density at radius 1 is 1.19 bits per heavy atom. The number of aromatic nitrogens is 2. The van der Waals surface area contributed by atoms with E-state index in [9.17, 15) is 0 Å². The summed E-state index contributed by atoms with van der Waals surface area (Å²) in [6, 6.07) is 7.60. The van der Waals surface area contributed by atoms with Crippen LogP contribution in [0, 0.1) is 6.92 Å². The zero-order chi connectivity index (χ0) is 11.5. The monoisotopic (exact) mass is 251 g/mol. The van der Waals surface area contributed by atoms with Gasteiger partial charge in [0.05, 0.1) is 0 Å². The van der Waals surface area contributed by atoms with Gasteiger partial charge in [-0.15, -0.1) is 0 Å². The van der Waals surface area contributed by atoms with E-state index in [1.54, 1.807) is 11.8 Å². The van der Waals surface area contributed by atoms with Gasteiger partial charge in [0.2, 0.25) is 0 Å². The average Bonchev–Trinajstić information content (AvgIpc) is 2.28. The summed E-state index contributed by atoms with van der Waals surface area (Å²) < 4.78 is 0. The second kappa shape index (κ2) is 4.72. The van der Waals surface area contributed by atoms with Gasteiger partial charge < -0.3 is 5.73 Å². The first kappa shape index (κ1) is 11.2. The molecule has 5 heteroatoms. The number of nitrogen functional groups attached to an aromatic ring is 1. The molecule has 0 aliphatic heterocycles. The summed E-state index contributed by atoms with van der Waals surface area (Å²) in [5.74, 6) is 0.520. The highest BCUT2D eigenvalue weighted by Gasteiger charge is 2.05. The average molecular weight is 252 g/mol. The van der Waals surface area contributed by atoms with Crippen LogP contribution >= 0.6 is 23.4 Å². The molecule has 2 N–H and O–H groups in total. The first-order chi connectivity index (χ1) is 7.66. The molecule has 0 saturated heterocycles. The summed E-state index contributed by atoms with van der Waals surface area (Å²) in [6.07, 6.45) is 1.47. The molecule has 0 spiro atoms. The highest BCUT2D eigenvalue weighted by Crippen LogP contribution is 2.30. The first-order valence-electron chi connectivity index (χ1n) is 4.67. The molecule has 3 nitrogen and oxygen atoms in total. The Bertz CT molecular complexity index is 499. The number of hydrogen-bond acceptors (Lipinski definition) is 4. The second-order valence-electron chi connectivity index (χ2n) is 3.25. The maximum atomic E-state index is 5.82. The second-order valence-corrected chi connectivity index (χ2v) is 4.74. The van der Waals surface area contributed by atoms with Gasteiger partial charge in [0, 0.05) is 15.5 Å². The van der Waals surface area contributed by atoms with Gasteiger partial charge in [0.25, 0.3) is 0 Å². The molecule has 0 aliphatic carbocycles. The van der Waals surface area contributed by atoms with Gasteiger partial charge in [0.1, 0.15) is 17.2 Å². The summed E-state index contributed by atoms with van der Waals surface area (Å²) in [6.45, 7) is 1.91. The molecular weight excluding hydrogens is 242 g/mol.